The van der Waals surface area contributed by atoms with Gasteiger partial charge in [-0.2, -0.15) is 0 Å². The lowest BCUT2D eigenvalue weighted by atomic mass is 10.1. The van der Waals surface area contributed by atoms with Crippen molar-refractivity contribution >= 4 is 13.2 Å². The first-order valence-corrected chi connectivity index (χ1v) is 8.58. The van der Waals surface area contributed by atoms with Crippen LogP contribution in [0, 0.1) is 71.5 Å². The maximum atomic E-state index is 5.12. The fourth-order valence-corrected chi connectivity index (χ4v) is 3.29. The van der Waals surface area contributed by atoms with E-state index in [0.717, 1.165) is 16.4 Å². The average molecular weight is 330 g/mol. The largest absolute Gasteiger partial charge is 0.106 e. The van der Waals surface area contributed by atoms with Crippen molar-refractivity contribution in [1.82, 2.24) is 0 Å². The monoisotopic (exact) mass is 330 g/mol. The van der Waals surface area contributed by atoms with Crippen LogP contribution in [0.1, 0.15) is 0 Å². The first kappa shape index (κ1) is 17.6. The summed E-state index contributed by atoms with van der Waals surface area (Å²) in [6.45, 7) is 0. The third kappa shape index (κ3) is 5.42. The van der Waals surface area contributed by atoms with Crippen LogP contribution >= 0.6 is 7.92 Å². The highest BCUT2D eigenvalue weighted by Gasteiger charge is 2.11. The van der Waals surface area contributed by atoms with Gasteiger partial charge in [-0.1, -0.05) is 54.6 Å². The second-order valence-corrected chi connectivity index (χ2v) is 6.08. The van der Waals surface area contributed by atoms with E-state index >= 15 is 0 Å². The summed E-state index contributed by atoms with van der Waals surface area (Å²) in [4.78, 5) is 0. The summed E-state index contributed by atoms with van der Waals surface area (Å²) in [6.07, 6.45) is 10.2. The standard InChI is InChI=1S/C24H11P/c1-3-5-7-14-20-25(21-15-8-6-4-2)24-19-13-12-18-23(24)22-16-10-9-11-17-22/h1-2,9-13,16-19H. The van der Waals surface area contributed by atoms with Crippen LogP contribution in [-0.4, -0.2) is 0 Å². The molecular formula is C24H11P. The minimum atomic E-state index is -1.10. The molecule has 2 aromatic rings. The second-order valence-electron chi connectivity index (χ2n) is 4.48. The van der Waals surface area contributed by atoms with E-state index in [9.17, 15) is 0 Å². The minimum Gasteiger partial charge on any atom is -0.106 e. The Hall–Kier alpha value is -3.77. The Balaban J connectivity index is 2.54. The summed E-state index contributed by atoms with van der Waals surface area (Å²) in [5.41, 5.74) is 8.42. The molecule has 2 rings (SSSR count). The Morgan fingerprint density at radius 2 is 1.16 bits per heavy atom. The Bertz CT molecular complexity index is 1030. The predicted octanol–water partition coefficient (Wildman–Crippen LogP) is 3.66. The van der Waals surface area contributed by atoms with Gasteiger partial charge >= 0.3 is 0 Å². The summed E-state index contributed by atoms with van der Waals surface area (Å²) in [5.74, 6) is 20.3. The average Bonchev–Trinajstić information content (AvgIpc) is 2.67. The van der Waals surface area contributed by atoms with Gasteiger partial charge in [0.15, 0.2) is 0 Å². The Morgan fingerprint density at radius 1 is 0.600 bits per heavy atom. The Kier molecular flexibility index (Phi) is 7.10. The van der Waals surface area contributed by atoms with Crippen molar-refractivity contribution in [3.8, 4) is 82.7 Å². The topological polar surface area (TPSA) is 0 Å². The zero-order valence-electron chi connectivity index (χ0n) is 13.3. The van der Waals surface area contributed by atoms with Crippen molar-refractivity contribution in [2.75, 3.05) is 0 Å². The van der Waals surface area contributed by atoms with E-state index in [1.54, 1.807) is 0 Å². The smallest absolute Gasteiger partial charge is 0.0838 e. The second kappa shape index (κ2) is 10.1. The predicted molar refractivity (Wildman–Crippen MR) is 107 cm³/mol. The van der Waals surface area contributed by atoms with Crippen LogP contribution in [0.25, 0.3) is 11.1 Å². The molecule has 0 aliphatic rings. The third-order valence-corrected chi connectivity index (χ3v) is 4.50. The van der Waals surface area contributed by atoms with E-state index in [4.69, 9.17) is 12.8 Å². The number of hydrogen-bond donors (Lipinski definition) is 0. The number of benzene rings is 2. The first-order valence-electron chi connectivity index (χ1n) is 7.24. The van der Waals surface area contributed by atoms with Crippen molar-refractivity contribution < 1.29 is 0 Å². The molecule has 0 N–H and O–H groups in total. The molecule has 112 valence electrons. The van der Waals surface area contributed by atoms with Gasteiger partial charge in [0.05, 0.1) is 7.92 Å². The summed E-state index contributed by atoms with van der Waals surface area (Å²) < 4.78 is 0. The van der Waals surface area contributed by atoms with E-state index in [2.05, 4.69) is 76.9 Å². The van der Waals surface area contributed by atoms with Crippen LogP contribution in [0.3, 0.4) is 0 Å². The Morgan fingerprint density at radius 3 is 1.76 bits per heavy atom. The van der Waals surface area contributed by atoms with Crippen LogP contribution in [0.2, 0.25) is 0 Å². The SMILES string of the molecule is C#CC#CC#CP(C#CC#CC#C)c1ccccc1-c1ccccc1. The molecule has 0 spiro atoms. The summed E-state index contributed by atoms with van der Waals surface area (Å²) >= 11 is 0. The van der Waals surface area contributed by atoms with Gasteiger partial charge in [0.25, 0.3) is 0 Å². The normalized spacial score (nSPS) is 7.80. The van der Waals surface area contributed by atoms with Crippen molar-refractivity contribution in [3.63, 3.8) is 0 Å². The maximum absolute atomic E-state index is 5.12. The molecule has 0 nitrogen and oxygen atoms in total. The lowest BCUT2D eigenvalue weighted by Gasteiger charge is -2.11. The molecule has 0 radical (unpaired) electrons. The highest BCUT2D eigenvalue weighted by atomic mass is 31.1. The fourth-order valence-electron chi connectivity index (χ4n) is 1.98. The number of terminal acetylenes is 2. The summed E-state index contributed by atoms with van der Waals surface area (Å²) in [6, 6.07) is 18.2. The summed E-state index contributed by atoms with van der Waals surface area (Å²) in [7, 11) is -1.10. The van der Waals surface area contributed by atoms with Gasteiger partial charge in [-0.3, -0.25) is 0 Å². The molecule has 0 saturated heterocycles. The molecule has 0 unspecified atom stereocenters. The van der Waals surface area contributed by atoms with Gasteiger partial charge in [-0.25, -0.2) is 0 Å². The fraction of sp³-hybridized carbons (Fsp3) is 0. The van der Waals surface area contributed by atoms with Gasteiger partial charge in [0.1, 0.15) is 0 Å². The van der Waals surface area contributed by atoms with Gasteiger partial charge in [-0.15, -0.1) is 12.8 Å². The zero-order chi connectivity index (χ0) is 17.7. The molecule has 0 heterocycles. The summed E-state index contributed by atoms with van der Waals surface area (Å²) in [5, 5.41) is 1.05. The molecular weight excluding hydrogens is 319 g/mol. The van der Waals surface area contributed by atoms with Gasteiger partial charge < -0.3 is 0 Å². The van der Waals surface area contributed by atoms with Crippen molar-refractivity contribution in [1.29, 1.82) is 0 Å². The lowest BCUT2D eigenvalue weighted by molar-refractivity contribution is 1.65. The zero-order valence-corrected chi connectivity index (χ0v) is 14.2. The molecule has 0 aromatic heterocycles. The first-order chi connectivity index (χ1) is 12.4. The maximum Gasteiger partial charge on any atom is 0.0838 e. The highest BCUT2D eigenvalue weighted by molar-refractivity contribution is 7.75. The van der Waals surface area contributed by atoms with E-state index in [-0.39, 0.29) is 0 Å². The van der Waals surface area contributed by atoms with Crippen LogP contribution in [0.5, 0.6) is 0 Å². The molecule has 0 amide bonds. The van der Waals surface area contributed by atoms with E-state index in [0.29, 0.717) is 0 Å². The molecule has 0 aliphatic carbocycles. The van der Waals surface area contributed by atoms with Gasteiger partial charge in [0.2, 0.25) is 0 Å². The number of hydrogen-bond acceptors (Lipinski definition) is 0. The Labute approximate surface area is 150 Å². The quantitative estimate of drug-likeness (QED) is 0.582. The van der Waals surface area contributed by atoms with Crippen LogP contribution in [0.15, 0.2) is 54.6 Å². The minimum absolute atomic E-state index is 1.05. The highest BCUT2D eigenvalue weighted by Crippen LogP contribution is 2.35. The van der Waals surface area contributed by atoms with Crippen molar-refractivity contribution in [3.05, 3.63) is 54.6 Å². The molecule has 0 bridgehead atoms. The van der Waals surface area contributed by atoms with Crippen LogP contribution in [0.4, 0.5) is 0 Å². The molecule has 25 heavy (non-hydrogen) atoms. The van der Waals surface area contributed by atoms with Crippen molar-refractivity contribution in [2.24, 2.45) is 0 Å². The third-order valence-electron chi connectivity index (χ3n) is 2.96. The molecule has 0 aliphatic heterocycles. The molecule has 0 saturated carbocycles. The molecule has 0 fully saturated rings. The van der Waals surface area contributed by atoms with E-state index in [1.165, 1.54) is 0 Å². The molecule has 0 atom stereocenters. The van der Waals surface area contributed by atoms with Crippen LogP contribution < -0.4 is 5.30 Å². The van der Waals surface area contributed by atoms with Crippen LogP contribution in [-0.2, 0) is 0 Å². The lowest BCUT2D eigenvalue weighted by Crippen LogP contribution is -2.03. The molecule has 1 heteroatoms. The number of rotatable bonds is 2. The van der Waals surface area contributed by atoms with Gasteiger partial charge in [0, 0.05) is 5.30 Å². The van der Waals surface area contributed by atoms with Crippen molar-refractivity contribution in [2.45, 2.75) is 0 Å². The van der Waals surface area contributed by atoms with E-state index in [1.807, 2.05) is 36.4 Å². The molecule has 2 aromatic carbocycles. The van der Waals surface area contributed by atoms with E-state index < -0.39 is 7.92 Å². The van der Waals surface area contributed by atoms with Gasteiger partial charge in [-0.05, 0) is 69.8 Å².